The predicted octanol–water partition coefficient (Wildman–Crippen LogP) is 0.492. The van der Waals surface area contributed by atoms with Crippen LogP contribution in [0.25, 0.3) is 0 Å². The van der Waals surface area contributed by atoms with Crippen LogP contribution in [-0.2, 0) is 4.79 Å². The maximum absolute atomic E-state index is 12.3. The van der Waals surface area contributed by atoms with E-state index < -0.39 is 0 Å². The summed E-state index contributed by atoms with van der Waals surface area (Å²) in [7, 11) is 2.13. The number of likely N-dealkylation sites (N-methyl/N-ethyl adjacent to an activating group) is 1. The summed E-state index contributed by atoms with van der Waals surface area (Å²) in [5, 5.41) is 0. The number of carbonyl (C=O) groups is 1. The molecule has 2 fully saturated rings. The van der Waals surface area contributed by atoms with Gasteiger partial charge in [0.2, 0.25) is 5.91 Å². The second-order valence-electron chi connectivity index (χ2n) is 5.34. The average Bonchev–Trinajstić information content (AvgIpc) is 2.39. The minimum Gasteiger partial charge on any atom is -0.340 e. The minimum atomic E-state index is 0.293. The molecule has 4 heteroatoms. The molecule has 0 atom stereocenters. The number of rotatable bonds is 2. The zero-order valence-electron chi connectivity index (χ0n) is 11.2. The Bertz CT molecular complexity index is 253. The van der Waals surface area contributed by atoms with Crippen LogP contribution in [0.5, 0.6) is 0 Å². The average molecular weight is 239 g/mol. The Labute approximate surface area is 105 Å². The highest BCUT2D eigenvalue weighted by atomic mass is 16.2. The van der Waals surface area contributed by atoms with Gasteiger partial charge >= 0.3 is 0 Å². The van der Waals surface area contributed by atoms with E-state index in [2.05, 4.69) is 28.7 Å². The lowest BCUT2D eigenvalue weighted by Gasteiger charge is -2.37. The van der Waals surface area contributed by atoms with E-state index in [4.69, 9.17) is 0 Å². The van der Waals surface area contributed by atoms with Crippen molar-refractivity contribution in [3.63, 3.8) is 0 Å². The number of carbonyl (C=O) groups excluding carboxylic acids is 1. The lowest BCUT2D eigenvalue weighted by molar-refractivity contribution is -0.138. The minimum absolute atomic E-state index is 0.293. The van der Waals surface area contributed by atoms with Gasteiger partial charge in [0.1, 0.15) is 0 Å². The molecule has 2 aliphatic rings. The predicted molar refractivity (Wildman–Crippen MR) is 68.9 cm³/mol. The van der Waals surface area contributed by atoms with Crippen molar-refractivity contribution in [3.05, 3.63) is 0 Å². The summed E-state index contributed by atoms with van der Waals surface area (Å²) in [6, 6.07) is 0. The van der Waals surface area contributed by atoms with E-state index in [-0.39, 0.29) is 0 Å². The van der Waals surface area contributed by atoms with Gasteiger partial charge in [-0.1, -0.05) is 6.92 Å². The molecule has 1 amide bonds. The largest absolute Gasteiger partial charge is 0.340 e. The summed E-state index contributed by atoms with van der Waals surface area (Å²) in [5.41, 5.74) is 0. The third-order valence-electron chi connectivity index (χ3n) is 4.20. The molecule has 2 heterocycles. The number of likely N-dealkylation sites (tertiary alicyclic amines) is 1. The Kier molecular flexibility index (Phi) is 4.40. The quantitative estimate of drug-likeness (QED) is 0.702. The zero-order valence-corrected chi connectivity index (χ0v) is 11.2. The van der Waals surface area contributed by atoms with Crippen molar-refractivity contribution in [2.45, 2.75) is 19.8 Å². The van der Waals surface area contributed by atoms with Crippen LogP contribution in [0.15, 0.2) is 0 Å². The summed E-state index contributed by atoms with van der Waals surface area (Å²) in [6.07, 6.45) is 2.11. The lowest BCUT2D eigenvalue weighted by atomic mass is 9.95. The van der Waals surface area contributed by atoms with Crippen molar-refractivity contribution in [1.82, 2.24) is 14.7 Å². The van der Waals surface area contributed by atoms with Crippen LogP contribution in [0.3, 0.4) is 0 Å². The van der Waals surface area contributed by atoms with Crippen molar-refractivity contribution in [1.29, 1.82) is 0 Å². The van der Waals surface area contributed by atoms with Crippen LogP contribution < -0.4 is 0 Å². The van der Waals surface area contributed by atoms with Gasteiger partial charge in [-0.15, -0.1) is 0 Å². The summed E-state index contributed by atoms with van der Waals surface area (Å²) < 4.78 is 0. The highest BCUT2D eigenvalue weighted by Gasteiger charge is 2.29. The fraction of sp³-hybridized carbons (Fsp3) is 0.923. The van der Waals surface area contributed by atoms with Gasteiger partial charge in [-0.3, -0.25) is 4.79 Å². The van der Waals surface area contributed by atoms with Gasteiger partial charge in [-0.2, -0.15) is 0 Å². The number of piperazine rings is 1. The molecule has 0 spiro atoms. The van der Waals surface area contributed by atoms with Crippen molar-refractivity contribution >= 4 is 5.91 Å². The van der Waals surface area contributed by atoms with E-state index in [1.807, 2.05) is 0 Å². The first-order valence-electron chi connectivity index (χ1n) is 6.90. The van der Waals surface area contributed by atoms with E-state index in [1.165, 1.54) is 0 Å². The van der Waals surface area contributed by atoms with Crippen molar-refractivity contribution < 1.29 is 4.79 Å². The Morgan fingerprint density at radius 2 is 1.65 bits per heavy atom. The summed E-state index contributed by atoms with van der Waals surface area (Å²) >= 11 is 0. The molecule has 0 radical (unpaired) electrons. The molecule has 0 aromatic heterocycles. The van der Waals surface area contributed by atoms with E-state index in [0.29, 0.717) is 11.8 Å². The molecule has 17 heavy (non-hydrogen) atoms. The van der Waals surface area contributed by atoms with Gasteiger partial charge in [0.25, 0.3) is 0 Å². The van der Waals surface area contributed by atoms with Crippen molar-refractivity contribution in [2.75, 3.05) is 52.9 Å². The van der Waals surface area contributed by atoms with Crippen LogP contribution in [0.1, 0.15) is 19.8 Å². The first kappa shape index (κ1) is 12.8. The molecule has 98 valence electrons. The molecule has 0 aromatic rings. The van der Waals surface area contributed by atoms with Gasteiger partial charge in [0.15, 0.2) is 0 Å². The topological polar surface area (TPSA) is 26.8 Å². The summed E-state index contributed by atoms with van der Waals surface area (Å²) in [6.45, 7) is 9.41. The normalized spacial score (nSPS) is 25.2. The first-order chi connectivity index (χ1) is 8.20. The van der Waals surface area contributed by atoms with Gasteiger partial charge in [0.05, 0.1) is 0 Å². The van der Waals surface area contributed by atoms with Crippen LogP contribution in [0.2, 0.25) is 0 Å². The number of nitrogens with zero attached hydrogens (tertiary/aromatic N) is 3. The van der Waals surface area contributed by atoms with E-state index in [1.54, 1.807) is 0 Å². The number of piperidine rings is 1. The van der Waals surface area contributed by atoms with Gasteiger partial charge in [-0.25, -0.2) is 0 Å². The molecular weight excluding hydrogens is 214 g/mol. The molecule has 0 bridgehead atoms. The fourth-order valence-electron chi connectivity index (χ4n) is 2.78. The second kappa shape index (κ2) is 5.83. The molecule has 0 aromatic carbocycles. The third-order valence-corrected chi connectivity index (χ3v) is 4.20. The lowest BCUT2D eigenvalue weighted by Crippen LogP contribution is -2.50. The first-order valence-corrected chi connectivity index (χ1v) is 6.90. The molecule has 0 saturated carbocycles. The zero-order chi connectivity index (χ0) is 12.3. The SMILES string of the molecule is CCN1CCC(C(=O)N2CCN(C)CC2)CC1. The van der Waals surface area contributed by atoms with Crippen LogP contribution in [0, 0.1) is 5.92 Å². The Balaban J connectivity index is 1.80. The highest BCUT2D eigenvalue weighted by molar-refractivity contribution is 5.79. The Morgan fingerprint density at radius 3 is 2.18 bits per heavy atom. The molecule has 2 saturated heterocycles. The van der Waals surface area contributed by atoms with Crippen molar-refractivity contribution in [3.8, 4) is 0 Å². The van der Waals surface area contributed by atoms with Crippen molar-refractivity contribution in [2.24, 2.45) is 5.92 Å². The maximum atomic E-state index is 12.3. The Hall–Kier alpha value is -0.610. The molecule has 0 N–H and O–H groups in total. The van der Waals surface area contributed by atoms with Crippen LogP contribution in [-0.4, -0.2) is 73.5 Å². The highest BCUT2D eigenvalue weighted by Crippen LogP contribution is 2.20. The fourth-order valence-corrected chi connectivity index (χ4v) is 2.78. The molecular formula is C13H25N3O. The van der Waals surface area contributed by atoms with E-state index in [9.17, 15) is 4.79 Å². The number of amides is 1. The monoisotopic (exact) mass is 239 g/mol. The second-order valence-corrected chi connectivity index (χ2v) is 5.34. The van der Waals surface area contributed by atoms with Crippen LogP contribution >= 0.6 is 0 Å². The summed E-state index contributed by atoms with van der Waals surface area (Å²) in [5.74, 6) is 0.704. The van der Waals surface area contributed by atoms with Gasteiger partial charge in [0, 0.05) is 32.1 Å². The van der Waals surface area contributed by atoms with E-state index >= 15 is 0 Å². The van der Waals surface area contributed by atoms with Gasteiger partial charge in [-0.05, 0) is 39.5 Å². The number of hydrogen-bond donors (Lipinski definition) is 0. The van der Waals surface area contributed by atoms with E-state index in [0.717, 1.165) is 58.7 Å². The summed E-state index contributed by atoms with van der Waals surface area (Å²) in [4.78, 5) is 19.2. The molecule has 0 unspecified atom stereocenters. The smallest absolute Gasteiger partial charge is 0.225 e. The maximum Gasteiger partial charge on any atom is 0.225 e. The molecule has 0 aliphatic carbocycles. The molecule has 2 aliphatic heterocycles. The van der Waals surface area contributed by atoms with Gasteiger partial charge < -0.3 is 14.7 Å². The molecule has 4 nitrogen and oxygen atoms in total. The Morgan fingerprint density at radius 1 is 1.06 bits per heavy atom. The molecule has 2 rings (SSSR count). The van der Waals surface area contributed by atoms with Crippen LogP contribution in [0.4, 0.5) is 0 Å². The number of hydrogen-bond acceptors (Lipinski definition) is 3. The third kappa shape index (κ3) is 3.19. The standard InChI is InChI=1S/C13H25N3O/c1-3-15-6-4-12(5-7-15)13(17)16-10-8-14(2)9-11-16/h12H,3-11H2,1-2H3.